The lowest BCUT2D eigenvalue weighted by Crippen LogP contribution is -2.38. The largest absolute Gasteiger partial charge is 0.496 e. The Labute approximate surface area is 207 Å². The summed E-state index contributed by atoms with van der Waals surface area (Å²) in [7, 11) is 3.61. The normalized spacial score (nSPS) is 11.7. The monoisotopic (exact) mass is 511 g/mol. The van der Waals surface area contributed by atoms with E-state index in [1.54, 1.807) is 0 Å². The van der Waals surface area contributed by atoms with E-state index in [0.717, 1.165) is 14.0 Å². The number of rotatable bonds is 8. The molecular formula is C23H21N5O9. The third-order valence-electron chi connectivity index (χ3n) is 5.04. The number of aromatic amines is 2. The van der Waals surface area contributed by atoms with E-state index in [2.05, 4.69) is 30.3 Å². The average Bonchev–Trinajstić information content (AvgIpc) is 2.89. The van der Waals surface area contributed by atoms with E-state index in [0.29, 0.717) is 0 Å². The molecule has 0 fully saturated rings. The Balaban J connectivity index is 1.98. The molecule has 3 N–H and O–H groups in total. The fraction of sp³-hybridized carbons (Fsp3) is 0.217. The smallest absolute Gasteiger partial charge is 0.340 e. The van der Waals surface area contributed by atoms with Crippen molar-refractivity contribution in [2.75, 3.05) is 21.3 Å². The van der Waals surface area contributed by atoms with Crippen molar-refractivity contribution >= 4 is 40.3 Å². The van der Waals surface area contributed by atoms with Crippen LogP contribution in [-0.4, -0.2) is 61.1 Å². The molecule has 0 saturated heterocycles. The number of amides is 1. The molecule has 1 atom stereocenters. The first-order valence-electron chi connectivity index (χ1n) is 10.5. The summed E-state index contributed by atoms with van der Waals surface area (Å²) < 4.78 is 14.6. The van der Waals surface area contributed by atoms with Gasteiger partial charge in [0, 0.05) is 6.07 Å². The number of carbonyl (C=O) groups is 4. The van der Waals surface area contributed by atoms with Crippen LogP contribution in [0.5, 0.6) is 5.75 Å². The summed E-state index contributed by atoms with van der Waals surface area (Å²) in [5.41, 5.74) is -1.65. The minimum Gasteiger partial charge on any atom is -0.496 e. The summed E-state index contributed by atoms with van der Waals surface area (Å²) in [4.78, 5) is 77.2. The molecule has 37 heavy (non-hydrogen) atoms. The van der Waals surface area contributed by atoms with Crippen molar-refractivity contribution in [2.45, 2.75) is 13.1 Å². The van der Waals surface area contributed by atoms with Crippen molar-refractivity contribution in [3.05, 3.63) is 67.7 Å². The van der Waals surface area contributed by atoms with Gasteiger partial charge in [-0.25, -0.2) is 9.59 Å². The number of carbonyl (C=O) groups excluding carboxylic acids is 4. The van der Waals surface area contributed by atoms with Gasteiger partial charge >= 0.3 is 23.1 Å². The van der Waals surface area contributed by atoms with Crippen LogP contribution >= 0.6 is 0 Å². The number of nitrogens with zero attached hydrogens (tertiary/aromatic N) is 2. The molecule has 0 bridgehead atoms. The highest BCUT2D eigenvalue weighted by atomic mass is 16.5. The highest BCUT2D eigenvalue weighted by Gasteiger charge is 2.22. The molecule has 2 aromatic carbocycles. The molecule has 0 aliphatic rings. The second-order valence-electron chi connectivity index (χ2n) is 7.42. The van der Waals surface area contributed by atoms with Crippen molar-refractivity contribution in [3.63, 3.8) is 0 Å². The molecule has 3 aromatic rings. The fourth-order valence-corrected chi connectivity index (χ4v) is 3.17. The summed E-state index contributed by atoms with van der Waals surface area (Å²) in [6.07, 6.45) is -1.50. The highest BCUT2D eigenvalue weighted by molar-refractivity contribution is 6.02. The van der Waals surface area contributed by atoms with Crippen LogP contribution in [0, 0.1) is 0 Å². The van der Waals surface area contributed by atoms with E-state index in [1.165, 1.54) is 44.6 Å². The zero-order valence-electron chi connectivity index (χ0n) is 20.0. The third kappa shape index (κ3) is 5.75. The van der Waals surface area contributed by atoms with Gasteiger partial charge in [0.2, 0.25) is 6.17 Å². The Kier molecular flexibility index (Phi) is 7.92. The van der Waals surface area contributed by atoms with E-state index in [1.807, 2.05) is 0 Å². The topological polar surface area (TPSA) is 198 Å². The van der Waals surface area contributed by atoms with Crippen molar-refractivity contribution in [1.82, 2.24) is 15.3 Å². The van der Waals surface area contributed by atoms with Gasteiger partial charge in [-0.2, -0.15) is 10.2 Å². The molecule has 14 nitrogen and oxygen atoms in total. The lowest BCUT2D eigenvalue weighted by atomic mass is 10.1. The summed E-state index contributed by atoms with van der Waals surface area (Å²) in [5.74, 6) is -2.88. The van der Waals surface area contributed by atoms with Crippen molar-refractivity contribution < 1.29 is 33.4 Å². The standard InChI is InChI=1S/C23H21N5O9/c1-10(29)18(28-27-14-7-11(22(33)36-3)5-6-12(14)23(34)37-4)26-19(30)13-8-15-16(9-17(13)35-2)25-21(32)20(31)24-15/h5-9,18H,1-4H3,(H,24,31)(H,25,32)(H,26,30). The first-order valence-corrected chi connectivity index (χ1v) is 10.5. The lowest BCUT2D eigenvalue weighted by Gasteiger charge is -2.14. The number of ketones is 1. The van der Waals surface area contributed by atoms with E-state index in [4.69, 9.17) is 9.47 Å². The van der Waals surface area contributed by atoms with E-state index < -0.39 is 40.9 Å². The number of benzene rings is 2. The van der Waals surface area contributed by atoms with E-state index in [-0.39, 0.29) is 39.2 Å². The Morgan fingerprint density at radius 3 is 2.05 bits per heavy atom. The molecule has 1 aromatic heterocycles. The SMILES string of the molecule is COC(=O)c1ccc(C(=O)OC)c(N=NC(NC(=O)c2cc3[nH]c(=O)c(=O)[nH]c3cc2OC)C(C)=O)c1. The maximum atomic E-state index is 13.0. The number of fused-ring (bicyclic) bond motifs is 1. The number of H-pyrrole nitrogens is 2. The Hall–Kier alpha value is -5.14. The second kappa shape index (κ2) is 11.1. The van der Waals surface area contributed by atoms with Crippen LogP contribution < -0.4 is 21.2 Å². The van der Waals surface area contributed by atoms with Crippen molar-refractivity contribution in [3.8, 4) is 5.75 Å². The molecule has 0 aliphatic heterocycles. The molecular weight excluding hydrogens is 490 g/mol. The summed E-state index contributed by atoms with van der Waals surface area (Å²) in [6, 6.07) is 6.39. The van der Waals surface area contributed by atoms with Crippen LogP contribution in [0.3, 0.4) is 0 Å². The highest BCUT2D eigenvalue weighted by Crippen LogP contribution is 2.25. The molecule has 1 heterocycles. The Morgan fingerprint density at radius 2 is 1.49 bits per heavy atom. The number of nitrogens with one attached hydrogen (secondary N) is 3. The van der Waals surface area contributed by atoms with E-state index in [9.17, 15) is 28.8 Å². The molecule has 14 heteroatoms. The van der Waals surface area contributed by atoms with Crippen LogP contribution in [0.1, 0.15) is 38.0 Å². The van der Waals surface area contributed by atoms with Gasteiger partial charge in [0.05, 0.1) is 49.1 Å². The van der Waals surface area contributed by atoms with Crippen LogP contribution in [0.4, 0.5) is 5.69 Å². The van der Waals surface area contributed by atoms with E-state index >= 15 is 0 Å². The molecule has 0 aliphatic carbocycles. The molecule has 0 saturated carbocycles. The summed E-state index contributed by atoms with van der Waals surface area (Å²) >= 11 is 0. The minimum absolute atomic E-state index is 0.0331. The number of esters is 2. The summed E-state index contributed by atoms with van der Waals surface area (Å²) in [6.45, 7) is 1.15. The van der Waals surface area contributed by atoms with Crippen molar-refractivity contribution in [1.29, 1.82) is 0 Å². The van der Waals surface area contributed by atoms with Gasteiger partial charge in [0.25, 0.3) is 5.91 Å². The van der Waals surface area contributed by atoms with Crippen LogP contribution in [0.25, 0.3) is 11.0 Å². The van der Waals surface area contributed by atoms with Crippen LogP contribution in [0.15, 0.2) is 50.1 Å². The zero-order valence-corrected chi connectivity index (χ0v) is 20.0. The number of methoxy groups -OCH3 is 3. The molecule has 3 rings (SSSR count). The van der Waals surface area contributed by atoms with Gasteiger partial charge < -0.3 is 29.5 Å². The number of Topliss-reactive ketones (excluding diaryl/α,β-unsaturated/α-hetero) is 1. The van der Waals surface area contributed by atoms with Gasteiger partial charge in [-0.15, -0.1) is 0 Å². The first kappa shape index (κ1) is 26.5. The van der Waals surface area contributed by atoms with Gasteiger partial charge in [-0.1, -0.05) is 0 Å². The van der Waals surface area contributed by atoms with Gasteiger partial charge in [0.1, 0.15) is 11.4 Å². The Bertz CT molecular complexity index is 1550. The maximum Gasteiger partial charge on any atom is 0.340 e. The number of azo groups is 1. The first-order chi connectivity index (χ1) is 17.6. The zero-order chi connectivity index (χ0) is 27.3. The minimum atomic E-state index is -1.50. The summed E-state index contributed by atoms with van der Waals surface area (Å²) in [5, 5.41) is 10.1. The quantitative estimate of drug-likeness (QED) is 0.226. The van der Waals surface area contributed by atoms with Crippen LogP contribution in [-0.2, 0) is 14.3 Å². The molecule has 0 spiro atoms. The third-order valence-corrected chi connectivity index (χ3v) is 5.04. The van der Waals surface area contributed by atoms with Crippen molar-refractivity contribution in [2.24, 2.45) is 10.2 Å². The molecule has 0 radical (unpaired) electrons. The van der Waals surface area contributed by atoms with Gasteiger partial charge in [-0.3, -0.25) is 19.2 Å². The average molecular weight is 511 g/mol. The molecule has 1 unspecified atom stereocenters. The van der Waals surface area contributed by atoms with Crippen LogP contribution in [0.2, 0.25) is 0 Å². The molecule has 192 valence electrons. The number of hydrogen-bond donors (Lipinski definition) is 3. The second-order valence-corrected chi connectivity index (χ2v) is 7.42. The molecule has 1 amide bonds. The predicted octanol–water partition coefficient (Wildman–Crippen LogP) is 1.23. The number of aromatic nitrogens is 2. The van der Waals surface area contributed by atoms with Gasteiger partial charge in [-0.05, 0) is 31.2 Å². The predicted molar refractivity (Wildman–Crippen MR) is 127 cm³/mol. The van der Waals surface area contributed by atoms with Gasteiger partial charge in [0.15, 0.2) is 5.78 Å². The fourth-order valence-electron chi connectivity index (χ4n) is 3.17. The number of hydrogen-bond acceptors (Lipinski definition) is 11. The lowest BCUT2D eigenvalue weighted by molar-refractivity contribution is -0.118. The maximum absolute atomic E-state index is 13.0. The Morgan fingerprint density at radius 1 is 0.865 bits per heavy atom. The number of ether oxygens (including phenoxy) is 3.